The first kappa shape index (κ1) is 13.0. The quantitative estimate of drug-likeness (QED) is 0.682. The lowest BCUT2D eigenvalue weighted by Gasteiger charge is -2.22. The first-order valence-electron chi connectivity index (χ1n) is 6.11. The average Bonchev–Trinajstić information content (AvgIpc) is 2.55. The molecule has 1 fully saturated rings. The number of hydrogen-bond acceptors (Lipinski definition) is 1. The van der Waals surface area contributed by atoms with Gasteiger partial charge in [-0.1, -0.05) is 49.0 Å². The first-order chi connectivity index (χ1) is 7.19. The Balaban J connectivity index is 2.35. The van der Waals surface area contributed by atoms with Crippen molar-refractivity contribution in [1.82, 2.24) is 4.90 Å². The first-order valence-corrected chi connectivity index (χ1v) is 7.03. The molecule has 0 aromatic rings. The Labute approximate surface area is 102 Å². The number of likely N-dealkylation sites (tertiary alicyclic amines) is 1. The van der Waals surface area contributed by atoms with Crippen LogP contribution in [0.4, 0.5) is 0 Å². The monoisotopic (exact) mass is 275 g/mol. The van der Waals surface area contributed by atoms with Gasteiger partial charge in [-0.05, 0) is 18.8 Å². The van der Waals surface area contributed by atoms with Crippen LogP contribution in [-0.4, -0.2) is 28.7 Å². The molecule has 88 valence electrons. The molecule has 0 aliphatic carbocycles. The molecule has 2 nitrogen and oxygen atoms in total. The van der Waals surface area contributed by atoms with Crippen molar-refractivity contribution in [3.63, 3.8) is 0 Å². The van der Waals surface area contributed by atoms with E-state index >= 15 is 0 Å². The number of halogens is 1. The molecule has 0 saturated carbocycles. The third kappa shape index (κ3) is 3.78. The molecule has 3 heteroatoms. The van der Waals surface area contributed by atoms with E-state index in [4.69, 9.17) is 0 Å². The van der Waals surface area contributed by atoms with Gasteiger partial charge in [-0.25, -0.2) is 0 Å². The molecular weight excluding hydrogens is 254 g/mol. The summed E-state index contributed by atoms with van der Waals surface area (Å²) in [6.07, 6.45) is 5.98. The van der Waals surface area contributed by atoms with E-state index in [0.29, 0.717) is 11.8 Å². The van der Waals surface area contributed by atoms with Crippen LogP contribution in [0, 0.1) is 5.92 Å². The fraction of sp³-hybridized carbons (Fsp3) is 0.917. The summed E-state index contributed by atoms with van der Waals surface area (Å²) in [6.45, 7) is 6.36. The van der Waals surface area contributed by atoms with Crippen molar-refractivity contribution in [3.8, 4) is 0 Å². The van der Waals surface area contributed by atoms with E-state index in [0.717, 1.165) is 19.5 Å². The maximum absolute atomic E-state index is 11.7. The molecule has 1 aliphatic rings. The van der Waals surface area contributed by atoms with Crippen LogP contribution in [0.2, 0.25) is 0 Å². The van der Waals surface area contributed by atoms with Crippen molar-refractivity contribution >= 4 is 21.8 Å². The fourth-order valence-electron chi connectivity index (χ4n) is 2.11. The van der Waals surface area contributed by atoms with Crippen LogP contribution in [0.15, 0.2) is 0 Å². The maximum atomic E-state index is 11.7. The van der Waals surface area contributed by atoms with E-state index in [-0.39, 0.29) is 4.83 Å². The topological polar surface area (TPSA) is 20.3 Å². The van der Waals surface area contributed by atoms with Crippen LogP contribution in [0.25, 0.3) is 0 Å². The van der Waals surface area contributed by atoms with E-state index in [1.54, 1.807) is 0 Å². The second-order valence-corrected chi connectivity index (χ2v) is 5.56. The van der Waals surface area contributed by atoms with Crippen LogP contribution in [0.3, 0.4) is 0 Å². The van der Waals surface area contributed by atoms with Crippen LogP contribution < -0.4 is 0 Å². The van der Waals surface area contributed by atoms with Crippen molar-refractivity contribution in [1.29, 1.82) is 0 Å². The molecule has 1 aliphatic heterocycles. The third-order valence-corrected chi connectivity index (χ3v) is 4.10. The summed E-state index contributed by atoms with van der Waals surface area (Å²) < 4.78 is 0. The number of carbonyl (C=O) groups excluding carboxylic acids is 1. The van der Waals surface area contributed by atoms with Gasteiger partial charge in [-0.2, -0.15) is 0 Å². The Hall–Kier alpha value is -0.0500. The van der Waals surface area contributed by atoms with Crippen LogP contribution in [-0.2, 0) is 4.79 Å². The number of hydrogen-bond donors (Lipinski definition) is 0. The second kappa shape index (κ2) is 6.51. The summed E-state index contributed by atoms with van der Waals surface area (Å²) in [6, 6.07) is 0. The summed E-state index contributed by atoms with van der Waals surface area (Å²) >= 11 is 3.42. The minimum absolute atomic E-state index is 0.0844. The van der Waals surface area contributed by atoms with E-state index in [2.05, 4.69) is 29.8 Å². The highest BCUT2D eigenvalue weighted by Crippen LogP contribution is 2.22. The molecule has 0 radical (unpaired) electrons. The summed E-state index contributed by atoms with van der Waals surface area (Å²) in [4.78, 5) is 13.8. The summed E-state index contributed by atoms with van der Waals surface area (Å²) in [5.74, 6) is 0.997. The van der Waals surface area contributed by atoms with Crippen LogP contribution in [0.5, 0.6) is 0 Å². The summed E-state index contributed by atoms with van der Waals surface area (Å²) in [7, 11) is 0. The zero-order chi connectivity index (χ0) is 11.3. The Bertz CT molecular complexity index is 208. The molecule has 0 bridgehead atoms. The summed E-state index contributed by atoms with van der Waals surface area (Å²) in [5, 5.41) is 0. The van der Waals surface area contributed by atoms with Crippen molar-refractivity contribution in [2.24, 2.45) is 5.92 Å². The van der Waals surface area contributed by atoms with E-state index in [9.17, 15) is 4.79 Å². The lowest BCUT2D eigenvalue weighted by molar-refractivity contribution is -0.127. The number of amides is 1. The predicted octanol–water partition coefficient (Wildman–Crippen LogP) is 3.20. The van der Waals surface area contributed by atoms with Gasteiger partial charge in [0.2, 0.25) is 5.91 Å². The Morgan fingerprint density at radius 3 is 2.73 bits per heavy atom. The highest BCUT2D eigenvalue weighted by Gasteiger charge is 2.30. The molecule has 1 saturated heterocycles. The molecule has 0 spiro atoms. The standard InChI is InChI=1S/C12H22BrNO/c1-3-5-6-10(4-2)9-14-8-7-11(13)12(14)15/h10-11H,3-9H2,1-2H3. The molecule has 1 amide bonds. The Morgan fingerprint density at radius 2 is 2.27 bits per heavy atom. The number of unbranched alkanes of at least 4 members (excludes halogenated alkanes) is 1. The Kier molecular flexibility index (Phi) is 5.65. The molecule has 0 N–H and O–H groups in total. The SMILES string of the molecule is CCCCC(CC)CN1CCC(Br)C1=O. The van der Waals surface area contributed by atoms with Gasteiger partial charge in [0.1, 0.15) is 0 Å². The normalized spacial score (nSPS) is 23.5. The molecule has 1 heterocycles. The van der Waals surface area contributed by atoms with Gasteiger partial charge in [0.15, 0.2) is 0 Å². The van der Waals surface area contributed by atoms with Crippen molar-refractivity contribution in [2.75, 3.05) is 13.1 Å². The maximum Gasteiger partial charge on any atom is 0.236 e. The third-order valence-electron chi connectivity index (χ3n) is 3.25. The molecule has 2 atom stereocenters. The fourth-order valence-corrected chi connectivity index (χ4v) is 2.61. The van der Waals surface area contributed by atoms with Crippen molar-refractivity contribution in [3.05, 3.63) is 0 Å². The smallest absolute Gasteiger partial charge is 0.236 e. The molecule has 15 heavy (non-hydrogen) atoms. The Morgan fingerprint density at radius 1 is 1.53 bits per heavy atom. The minimum Gasteiger partial charge on any atom is -0.341 e. The van der Waals surface area contributed by atoms with Gasteiger partial charge in [-0.15, -0.1) is 0 Å². The van der Waals surface area contributed by atoms with Crippen LogP contribution in [0.1, 0.15) is 46.0 Å². The number of carbonyl (C=O) groups is 1. The highest BCUT2D eigenvalue weighted by atomic mass is 79.9. The van der Waals surface area contributed by atoms with Gasteiger partial charge in [0, 0.05) is 13.1 Å². The lowest BCUT2D eigenvalue weighted by Crippen LogP contribution is -2.32. The van der Waals surface area contributed by atoms with Crippen molar-refractivity contribution in [2.45, 2.75) is 50.8 Å². The van der Waals surface area contributed by atoms with E-state index < -0.39 is 0 Å². The zero-order valence-electron chi connectivity index (χ0n) is 9.84. The molecular formula is C12H22BrNO. The minimum atomic E-state index is 0.0844. The van der Waals surface area contributed by atoms with Crippen molar-refractivity contribution < 1.29 is 4.79 Å². The predicted molar refractivity (Wildman–Crippen MR) is 67.2 cm³/mol. The van der Waals surface area contributed by atoms with Gasteiger partial charge < -0.3 is 4.90 Å². The zero-order valence-corrected chi connectivity index (χ0v) is 11.4. The van der Waals surface area contributed by atoms with Gasteiger partial charge in [0.25, 0.3) is 0 Å². The van der Waals surface area contributed by atoms with Gasteiger partial charge >= 0.3 is 0 Å². The number of alkyl halides is 1. The van der Waals surface area contributed by atoms with Crippen LogP contribution >= 0.6 is 15.9 Å². The number of rotatable bonds is 6. The molecule has 0 aromatic carbocycles. The van der Waals surface area contributed by atoms with Gasteiger partial charge in [-0.3, -0.25) is 4.79 Å². The highest BCUT2D eigenvalue weighted by molar-refractivity contribution is 9.10. The molecule has 0 aromatic heterocycles. The second-order valence-electron chi connectivity index (χ2n) is 4.46. The van der Waals surface area contributed by atoms with E-state index in [1.165, 1.54) is 25.7 Å². The lowest BCUT2D eigenvalue weighted by atomic mass is 9.99. The summed E-state index contributed by atoms with van der Waals surface area (Å²) in [5.41, 5.74) is 0. The van der Waals surface area contributed by atoms with Gasteiger partial charge in [0.05, 0.1) is 4.83 Å². The molecule has 1 rings (SSSR count). The average molecular weight is 276 g/mol. The largest absolute Gasteiger partial charge is 0.341 e. The molecule has 2 unspecified atom stereocenters. The number of nitrogens with zero attached hydrogens (tertiary/aromatic N) is 1. The van der Waals surface area contributed by atoms with E-state index in [1.807, 2.05) is 4.90 Å².